The van der Waals surface area contributed by atoms with E-state index in [4.69, 9.17) is 4.74 Å². The van der Waals surface area contributed by atoms with E-state index in [-0.39, 0.29) is 11.5 Å². The second kappa shape index (κ2) is 11.6. The van der Waals surface area contributed by atoms with Crippen LogP contribution in [-0.2, 0) is 22.1 Å². The SMILES string of the molecule is CCCc1ccc(-c2nc(C)c(C(F)(F)F)n2C2=CC=C(OC)CC2)cc1F.O=CN1CCCC1. The van der Waals surface area contributed by atoms with E-state index in [2.05, 4.69) is 4.98 Å². The van der Waals surface area contributed by atoms with Crippen molar-refractivity contribution in [3.63, 3.8) is 0 Å². The van der Waals surface area contributed by atoms with Gasteiger partial charge in [0.1, 0.15) is 11.6 Å². The molecule has 2 heterocycles. The molecule has 1 saturated heterocycles. The number of likely N-dealkylation sites (tertiary alicyclic amines) is 1. The Balaban J connectivity index is 0.000000420. The highest BCUT2D eigenvalue weighted by Crippen LogP contribution is 2.39. The first-order chi connectivity index (χ1) is 16.7. The van der Waals surface area contributed by atoms with Crippen LogP contribution in [0.25, 0.3) is 17.1 Å². The summed E-state index contributed by atoms with van der Waals surface area (Å²) in [6.45, 7) is 5.22. The van der Waals surface area contributed by atoms with E-state index in [9.17, 15) is 22.4 Å². The van der Waals surface area contributed by atoms with Gasteiger partial charge in [0.15, 0.2) is 5.69 Å². The highest BCUT2D eigenvalue weighted by atomic mass is 19.4. The third-order valence-electron chi connectivity index (χ3n) is 6.08. The number of hydrogen-bond donors (Lipinski definition) is 0. The molecule has 4 rings (SSSR count). The first kappa shape index (κ1) is 26.5. The van der Waals surface area contributed by atoms with Gasteiger partial charge >= 0.3 is 6.18 Å². The summed E-state index contributed by atoms with van der Waals surface area (Å²) in [4.78, 5) is 15.9. The van der Waals surface area contributed by atoms with Gasteiger partial charge in [-0.3, -0.25) is 9.36 Å². The van der Waals surface area contributed by atoms with Crippen LogP contribution >= 0.6 is 0 Å². The number of carbonyl (C=O) groups is 1. The zero-order chi connectivity index (χ0) is 25.6. The number of nitrogens with zero attached hydrogens (tertiary/aromatic N) is 3. The Morgan fingerprint density at radius 3 is 2.34 bits per heavy atom. The van der Waals surface area contributed by atoms with Crippen molar-refractivity contribution in [2.24, 2.45) is 0 Å². The number of carbonyl (C=O) groups excluding carboxylic acids is 1. The van der Waals surface area contributed by atoms with Crippen molar-refractivity contribution in [3.8, 4) is 11.4 Å². The zero-order valence-electron chi connectivity index (χ0n) is 20.3. The maximum atomic E-state index is 14.4. The van der Waals surface area contributed by atoms with Crippen LogP contribution in [0.5, 0.6) is 0 Å². The van der Waals surface area contributed by atoms with Crippen molar-refractivity contribution in [1.82, 2.24) is 14.5 Å². The van der Waals surface area contributed by atoms with Gasteiger partial charge in [0.25, 0.3) is 0 Å². The summed E-state index contributed by atoms with van der Waals surface area (Å²) in [5.74, 6) is 0.359. The Hall–Kier alpha value is -3.10. The van der Waals surface area contributed by atoms with E-state index in [1.54, 1.807) is 29.2 Å². The number of imidazole rings is 1. The Labute approximate surface area is 203 Å². The van der Waals surface area contributed by atoms with Crippen LogP contribution in [0.15, 0.2) is 36.1 Å². The second-order valence-electron chi connectivity index (χ2n) is 8.60. The van der Waals surface area contributed by atoms with E-state index in [1.165, 1.54) is 32.9 Å². The average molecular weight is 494 g/mol. The zero-order valence-corrected chi connectivity index (χ0v) is 20.3. The smallest absolute Gasteiger partial charge is 0.433 e. The molecule has 2 aliphatic rings. The Kier molecular flexibility index (Phi) is 8.75. The highest BCUT2D eigenvalue weighted by molar-refractivity contribution is 5.66. The summed E-state index contributed by atoms with van der Waals surface area (Å²) in [6.07, 6.45) is 4.19. The van der Waals surface area contributed by atoms with Crippen LogP contribution in [0, 0.1) is 12.7 Å². The largest absolute Gasteiger partial charge is 0.501 e. The standard InChI is InChI=1S/C21H22F4N2O.C5H9NO/c1-4-5-14-6-7-15(12-18(14)22)20-26-13(2)19(21(23,24)25)27(20)16-8-10-17(28-3)11-9-16;7-5-6-3-1-2-4-6/h6-8,10,12H,4-5,9,11H2,1-3H3;5H,1-4H2. The molecule has 190 valence electrons. The normalized spacial score (nSPS) is 15.8. The lowest BCUT2D eigenvalue weighted by atomic mass is 10.1. The minimum absolute atomic E-state index is 0.0901. The van der Waals surface area contributed by atoms with Crippen LogP contribution in [0.3, 0.4) is 0 Å². The number of alkyl halides is 3. The van der Waals surface area contributed by atoms with Gasteiger partial charge in [0.05, 0.1) is 18.6 Å². The molecule has 2 aromatic rings. The fourth-order valence-electron chi connectivity index (χ4n) is 4.30. The summed E-state index contributed by atoms with van der Waals surface area (Å²) in [6, 6.07) is 4.52. The fourth-order valence-corrected chi connectivity index (χ4v) is 4.30. The number of allylic oxidation sites excluding steroid dienone is 4. The Morgan fingerprint density at radius 1 is 1.14 bits per heavy atom. The van der Waals surface area contributed by atoms with Crippen molar-refractivity contribution in [2.45, 2.75) is 58.5 Å². The van der Waals surface area contributed by atoms with Crippen LogP contribution < -0.4 is 0 Å². The van der Waals surface area contributed by atoms with Crippen LogP contribution in [0.1, 0.15) is 56.0 Å². The summed E-state index contributed by atoms with van der Waals surface area (Å²) in [5.41, 5.74) is 0.339. The molecule has 0 radical (unpaired) electrons. The number of ether oxygens (including phenoxy) is 1. The van der Waals surface area contributed by atoms with Crippen LogP contribution in [0.4, 0.5) is 17.6 Å². The number of halogens is 4. The number of aryl methyl sites for hydroxylation is 2. The van der Waals surface area contributed by atoms with Gasteiger partial charge in [-0.1, -0.05) is 25.5 Å². The van der Waals surface area contributed by atoms with Gasteiger partial charge < -0.3 is 9.64 Å². The number of rotatable bonds is 6. The molecular weight excluding hydrogens is 462 g/mol. The Bertz CT molecular complexity index is 1100. The van der Waals surface area contributed by atoms with E-state index in [0.717, 1.165) is 30.5 Å². The molecule has 0 saturated carbocycles. The molecule has 0 bridgehead atoms. The van der Waals surface area contributed by atoms with Gasteiger partial charge in [0.2, 0.25) is 6.41 Å². The third-order valence-corrected chi connectivity index (χ3v) is 6.08. The quantitative estimate of drug-likeness (QED) is 0.347. The fraction of sp³-hybridized carbons (Fsp3) is 0.462. The van der Waals surface area contributed by atoms with Crippen molar-refractivity contribution < 1.29 is 27.1 Å². The minimum Gasteiger partial charge on any atom is -0.501 e. The molecule has 1 aromatic carbocycles. The molecule has 0 N–H and O–H groups in total. The molecule has 9 heteroatoms. The van der Waals surface area contributed by atoms with Gasteiger partial charge in [-0.2, -0.15) is 13.2 Å². The molecule has 5 nitrogen and oxygen atoms in total. The molecule has 1 fully saturated rings. The monoisotopic (exact) mass is 493 g/mol. The highest BCUT2D eigenvalue weighted by Gasteiger charge is 2.39. The summed E-state index contributed by atoms with van der Waals surface area (Å²) < 4.78 is 62.0. The lowest BCUT2D eigenvalue weighted by molar-refractivity contribution is -0.142. The number of hydrogen-bond acceptors (Lipinski definition) is 3. The van der Waals surface area contributed by atoms with E-state index in [0.29, 0.717) is 41.8 Å². The predicted molar refractivity (Wildman–Crippen MR) is 127 cm³/mol. The van der Waals surface area contributed by atoms with Crippen LogP contribution in [-0.4, -0.2) is 41.1 Å². The molecule has 1 amide bonds. The van der Waals surface area contributed by atoms with E-state index in [1.807, 2.05) is 6.92 Å². The lowest BCUT2D eigenvalue weighted by Crippen LogP contribution is -2.16. The number of benzene rings is 1. The first-order valence-electron chi connectivity index (χ1n) is 11.8. The van der Waals surface area contributed by atoms with Gasteiger partial charge in [-0.15, -0.1) is 0 Å². The maximum Gasteiger partial charge on any atom is 0.433 e. The van der Waals surface area contributed by atoms with E-state index < -0.39 is 17.7 Å². The molecule has 1 aliphatic carbocycles. The van der Waals surface area contributed by atoms with Gasteiger partial charge in [-0.05, 0) is 56.4 Å². The molecule has 35 heavy (non-hydrogen) atoms. The van der Waals surface area contributed by atoms with E-state index >= 15 is 0 Å². The van der Waals surface area contributed by atoms with Crippen molar-refractivity contribution >= 4 is 12.1 Å². The molecular formula is C26H31F4N3O2. The number of amides is 1. The minimum atomic E-state index is -4.58. The molecule has 1 aromatic heterocycles. The topological polar surface area (TPSA) is 47.4 Å². The number of methoxy groups -OCH3 is 1. The molecule has 0 spiro atoms. The van der Waals surface area contributed by atoms with Crippen LogP contribution in [0.2, 0.25) is 0 Å². The third kappa shape index (κ3) is 6.32. The molecule has 0 atom stereocenters. The first-order valence-corrected chi connectivity index (χ1v) is 11.8. The van der Waals surface area contributed by atoms with Gasteiger partial charge in [-0.25, -0.2) is 9.37 Å². The maximum absolute atomic E-state index is 14.4. The summed E-state index contributed by atoms with van der Waals surface area (Å²) in [7, 11) is 1.53. The van der Waals surface area contributed by atoms with Gasteiger partial charge in [0, 0.05) is 30.8 Å². The Morgan fingerprint density at radius 2 is 1.86 bits per heavy atom. The predicted octanol–water partition coefficient (Wildman–Crippen LogP) is 6.37. The number of aromatic nitrogens is 2. The summed E-state index contributed by atoms with van der Waals surface area (Å²) >= 11 is 0. The van der Waals surface area contributed by atoms with Crippen molar-refractivity contribution in [3.05, 3.63) is 58.9 Å². The molecule has 1 aliphatic heterocycles. The second-order valence-corrected chi connectivity index (χ2v) is 8.60. The summed E-state index contributed by atoms with van der Waals surface area (Å²) in [5, 5.41) is 0. The molecule has 0 unspecified atom stereocenters. The van der Waals surface area contributed by atoms with Crippen molar-refractivity contribution in [2.75, 3.05) is 20.2 Å². The van der Waals surface area contributed by atoms with Crippen molar-refractivity contribution in [1.29, 1.82) is 0 Å². The lowest BCUT2D eigenvalue weighted by Gasteiger charge is -2.20. The average Bonchev–Trinajstić information content (AvgIpc) is 3.48.